The highest BCUT2D eigenvalue weighted by atomic mass is 32.2. The first kappa shape index (κ1) is 15.5. The van der Waals surface area contributed by atoms with Gasteiger partial charge in [-0.15, -0.1) is 0 Å². The molecular formula is C18H13N3O3S. The number of hydrogen-bond acceptors (Lipinski definition) is 6. The van der Waals surface area contributed by atoms with Gasteiger partial charge in [0.05, 0.1) is 4.90 Å². The molecule has 4 aromatic rings. The highest BCUT2D eigenvalue weighted by Gasteiger charge is 2.14. The van der Waals surface area contributed by atoms with E-state index in [0.29, 0.717) is 22.6 Å². The molecule has 1 aromatic carbocycles. The molecule has 0 N–H and O–H groups in total. The minimum Gasteiger partial charge on any atom is -0.452 e. The summed E-state index contributed by atoms with van der Waals surface area (Å²) in [6, 6.07) is 12.1. The molecule has 0 aliphatic carbocycles. The second-order valence-corrected chi connectivity index (χ2v) is 7.60. The summed E-state index contributed by atoms with van der Waals surface area (Å²) in [5, 5.41) is 0. The Morgan fingerprint density at radius 3 is 2.32 bits per heavy atom. The number of nitrogens with zero attached hydrogens (tertiary/aromatic N) is 3. The molecule has 0 atom stereocenters. The SMILES string of the molecule is CS(=O)(=O)c1ccc(-c2cc3ncnc(-c4ccncc4)c3o2)cc1. The van der Waals surface area contributed by atoms with Gasteiger partial charge in [0.15, 0.2) is 15.4 Å². The standard InChI is InChI=1S/C18H13N3O3S/c1-25(22,23)14-4-2-12(3-5-14)16-10-15-18(24-16)17(21-11-20-15)13-6-8-19-9-7-13/h2-11H,1H3. The summed E-state index contributed by atoms with van der Waals surface area (Å²) in [5.74, 6) is 0.603. The maximum Gasteiger partial charge on any atom is 0.179 e. The monoisotopic (exact) mass is 351 g/mol. The van der Waals surface area contributed by atoms with Crippen LogP contribution in [0.4, 0.5) is 0 Å². The Morgan fingerprint density at radius 2 is 1.64 bits per heavy atom. The van der Waals surface area contributed by atoms with E-state index in [4.69, 9.17) is 4.42 Å². The van der Waals surface area contributed by atoms with Gasteiger partial charge >= 0.3 is 0 Å². The Labute approximate surface area is 144 Å². The largest absolute Gasteiger partial charge is 0.452 e. The first-order valence-electron chi connectivity index (χ1n) is 7.48. The highest BCUT2D eigenvalue weighted by molar-refractivity contribution is 7.90. The third-order valence-electron chi connectivity index (χ3n) is 3.83. The van der Waals surface area contributed by atoms with E-state index in [9.17, 15) is 8.42 Å². The number of rotatable bonds is 3. The number of pyridine rings is 1. The molecule has 0 unspecified atom stereocenters. The van der Waals surface area contributed by atoms with Crippen LogP contribution in [0.3, 0.4) is 0 Å². The summed E-state index contributed by atoms with van der Waals surface area (Å²) in [7, 11) is -3.23. The topological polar surface area (TPSA) is 86.0 Å². The van der Waals surface area contributed by atoms with Gasteiger partial charge in [0.1, 0.15) is 23.3 Å². The first-order valence-corrected chi connectivity index (χ1v) is 9.37. The van der Waals surface area contributed by atoms with Gasteiger partial charge < -0.3 is 4.42 Å². The number of hydrogen-bond donors (Lipinski definition) is 0. The lowest BCUT2D eigenvalue weighted by Gasteiger charge is -2.01. The van der Waals surface area contributed by atoms with Crippen LogP contribution in [0.25, 0.3) is 33.7 Å². The Balaban J connectivity index is 1.82. The fraction of sp³-hybridized carbons (Fsp3) is 0.0556. The molecule has 6 nitrogen and oxygen atoms in total. The molecule has 4 rings (SSSR count). The van der Waals surface area contributed by atoms with Gasteiger partial charge in [-0.2, -0.15) is 0 Å². The summed E-state index contributed by atoms with van der Waals surface area (Å²) >= 11 is 0. The lowest BCUT2D eigenvalue weighted by atomic mass is 10.1. The van der Waals surface area contributed by atoms with E-state index in [0.717, 1.165) is 11.1 Å². The van der Waals surface area contributed by atoms with Gasteiger partial charge in [-0.1, -0.05) is 0 Å². The van der Waals surface area contributed by atoms with Crippen LogP contribution in [0.15, 0.2) is 70.5 Å². The van der Waals surface area contributed by atoms with E-state index >= 15 is 0 Å². The van der Waals surface area contributed by atoms with Gasteiger partial charge in [0, 0.05) is 35.8 Å². The van der Waals surface area contributed by atoms with E-state index < -0.39 is 9.84 Å². The zero-order chi connectivity index (χ0) is 17.4. The summed E-state index contributed by atoms with van der Waals surface area (Å²) in [6.07, 6.45) is 6.05. The lowest BCUT2D eigenvalue weighted by Crippen LogP contribution is -1.95. The van der Waals surface area contributed by atoms with Crippen molar-refractivity contribution in [1.82, 2.24) is 15.0 Å². The zero-order valence-corrected chi connectivity index (χ0v) is 14.1. The van der Waals surface area contributed by atoms with Crippen molar-refractivity contribution >= 4 is 20.9 Å². The van der Waals surface area contributed by atoms with Gasteiger partial charge in [0.2, 0.25) is 0 Å². The Morgan fingerprint density at radius 1 is 0.920 bits per heavy atom. The second kappa shape index (κ2) is 5.78. The normalized spacial score (nSPS) is 11.7. The predicted molar refractivity (Wildman–Crippen MR) is 93.6 cm³/mol. The fourth-order valence-electron chi connectivity index (χ4n) is 2.58. The van der Waals surface area contributed by atoms with Gasteiger partial charge in [-0.3, -0.25) is 4.98 Å². The van der Waals surface area contributed by atoms with Crippen LogP contribution < -0.4 is 0 Å². The Hall–Kier alpha value is -3.06. The van der Waals surface area contributed by atoms with Crippen LogP contribution in [0.1, 0.15) is 0 Å². The molecule has 3 aromatic heterocycles. The lowest BCUT2D eigenvalue weighted by molar-refractivity contribution is 0.601. The fourth-order valence-corrected chi connectivity index (χ4v) is 3.21. The summed E-state index contributed by atoms with van der Waals surface area (Å²) in [4.78, 5) is 12.8. The van der Waals surface area contributed by atoms with Crippen molar-refractivity contribution < 1.29 is 12.8 Å². The van der Waals surface area contributed by atoms with E-state index in [1.807, 2.05) is 18.2 Å². The van der Waals surface area contributed by atoms with Crippen molar-refractivity contribution in [1.29, 1.82) is 0 Å². The molecule has 0 bridgehead atoms. The number of sulfone groups is 1. The molecule has 3 heterocycles. The molecule has 0 saturated heterocycles. The third kappa shape index (κ3) is 2.89. The second-order valence-electron chi connectivity index (χ2n) is 5.58. The molecule has 0 fully saturated rings. The Bertz CT molecular complexity index is 1150. The van der Waals surface area contributed by atoms with Crippen LogP contribution in [-0.4, -0.2) is 29.6 Å². The summed E-state index contributed by atoms with van der Waals surface area (Å²) in [5.41, 5.74) is 3.60. The summed E-state index contributed by atoms with van der Waals surface area (Å²) in [6.45, 7) is 0. The molecular weight excluding hydrogens is 338 g/mol. The smallest absolute Gasteiger partial charge is 0.179 e. The van der Waals surface area contributed by atoms with Crippen molar-refractivity contribution in [3.05, 3.63) is 61.2 Å². The average molecular weight is 351 g/mol. The van der Waals surface area contributed by atoms with Crippen LogP contribution in [0, 0.1) is 0 Å². The van der Waals surface area contributed by atoms with Crippen molar-refractivity contribution in [3.63, 3.8) is 0 Å². The molecule has 7 heteroatoms. The van der Waals surface area contributed by atoms with E-state index in [-0.39, 0.29) is 4.90 Å². The van der Waals surface area contributed by atoms with E-state index in [2.05, 4.69) is 15.0 Å². The van der Waals surface area contributed by atoms with Crippen molar-refractivity contribution in [2.75, 3.05) is 6.26 Å². The van der Waals surface area contributed by atoms with Gasteiger partial charge in [-0.25, -0.2) is 18.4 Å². The van der Waals surface area contributed by atoms with E-state index in [1.165, 1.54) is 12.6 Å². The molecule has 0 saturated carbocycles. The molecule has 124 valence electrons. The summed E-state index contributed by atoms with van der Waals surface area (Å²) < 4.78 is 29.1. The highest BCUT2D eigenvalue weighted by Crippen LogP contribution is 2.32. The molecule has 0 spiro atoms. The van der Waals surface area contributed by atoms with Crippen molar-refractivity contribution in [2.45, 2.75) is 4.90 Å². The van der Waals surface area contributed by atoms with Gasteiger partial charge in [-0.05, 0) is 36.4 Å². The van der Waals surface area contributed by atoms with Gasteiger partial charge in [0.25, 0.3) is 0 Å². The molecule has 25 heavy (non-hydrogen) atoms. The van der Waals surface area contributed by atoms with Crippen molar-refractivity contribution in [2.24, 2.45) is 0 Å². The number of benzene rings is 1. The maximum atomic E-state index is 11.6. The molecule has 0 aliphatic heterocycles. The van der Waals surface area contributed by atoms with Crippen molar-refractivity contribution in [3.8, 4) is 22.6 Å². The zero-order valence-electron chi connectivity index (χ0n) is 13.2. The van der Waals surface area contributed by atoms with Crippen LogP contribution in [0.2, 0.25) is 0 Å². The minimum atomic E-state index is -3.23. The molecule has 0 amide bonds. The molecule has 0 aliphatic rings. The number of furan rings is 1. The van der Waals surface area contributed by atoms with Crippen LogP contribution >= 0.6 is 0 Å². The quantitative estimate of drug-likeness (QED) is 0.562. The molecule has 0 radical (unpaired) electrons. The van der Waals surface area contributed by atoms with E-state index in [1.54, 1.807) is 36.7 Å². The average Bonchev–Trinajstić information content (AvgIpc) is 3.06. The number of fused-ring (bicyclic) bond motifs is 1. The first-order chi connectivity index (χ1) is 12.0. The maximum absolute atomic E-state index is 11.6. The van der Waals surface area contributed by atoms with Crippen LogP contribution in [-0.2, 0) is 9.84 Å². The van der Waals surface area contributed by atoms with Crippen LogP contribution in [0.5, 0.6) is 0 Å². The Kier molecular flexibility index (Phi) is 3.58. The third-order valence-corrected chi connectivity index (χ3v) is 4.96. The minimum absolute atomic E-state index is 0.268. The number of aromatic nitrogens is 3. The predicted octanol–water partition coefficient (Wildman–Crippen LogP) is 3.36.